The Labute approximate surface area is 203 Å². The van der Waals surface area contributed by atoms with E-state index in [4.69, 9.17) is 21.8 Å². The van der Waals surface area contributed by atoms with Crippen LogP contribution in [0, 0.1) is 0 Å². The summed E-state index contributed by atoms with van der Waals surface area (Å²) >= 11 is 6.04. The van der Waals surface area contributed by atoms with Gasteiger partial charge in [-0.05, 0) is 48.4 Å². The average molecular weight is 495 g/mol. The van der Waals surface area contributed by atoms with Crippen molar-refractivity contribution in [1.82, 2.24) is 9.78 Å². The number of amides is 1. The molecule has 3 N–H and O–H groups in total. The molecule has 0 fully saturated rings. The highest BCUT2D eigenvalue weighted by atomic mass is 35.5. The molecule has 0 saturated carbocycles. The molecule has 0 atom stereocenters. The summed E-state index contributed by atoms with van der Waals surface area (Å²) in [5.41, 5.74) is 4.00. The van der Waals surface area contributed by atoms with Crippen molar-refractivity contribution in [3.63, 3.8) is 0 Å². The van der Waals surface area contributed by atoms with E-state index in [1.54, 1.807) is 28.9 Å². The number of nitrogens with zero attached hydrogens (tertiary/aromatic N) is 2. The number of nitrogens with two attached hydrogens (primary N) is 1. The van der Waals surface area contributed by atoms with Crippen molar-refractivity contribution in [2.24, 2.45) is 5.14 Å². The number of nitrogens with one attached hydrogen (secondary N) is 1. The van der Waals surface area contributed by atoms with Crippen LogP contribution in [0.2, 0.25) is 5.02 Å². The van der Waals surface area contributed by atoms with Crippen LogP contribution in [-0.2, 0) is 27.7 Å². The zero-order chi connectivity index (χ0) is 24.3. The lowest BCUT2D eigenvalue weighted by Gasteiger charge is -2.10. The highest BCUT2D eigenvalue weighted by Gasteiger charge is 2.18. The van der Waals surface area contributed by atoms with E-state index >= 15 is 0 Å². The van der Waals surface area contributed by atoms with E-state index in [0.717, 1.165) is 11.3 Å². The lowest BCUT2D eigenvalue weighted by atomic mass is 10.1. The second kappa shape index (κ2) is 9.80. The Morgan fingerprint density at radius 2 is 1.74 bits per heavy atom. The van der Waals surface area contributed by atoms with Gasteiger partial charge in [-0.3, -0.25) is 4.79 Å². The Kier molecular flexibility index (Phi) is 6.83. The number of carbonyl (C=O) groups excluding carboxylic acids is 1. The maximum Gasteiger partial charge on any atom is 0.238 e. The minimum atomic E-state index is -3.91. The van der Waals surface area contributed by atoms with Gasteiger partial charge < -0.3 is 5.32 Å². The van der Waals surface area contributed by atoms with Crippen LogP contribution in [0.4, 0.5) is 5.69 Å². The molecule has 4 aromatic rings. The maximum absolute atomic E-state index is 12.9. The average Bonchev–Trinajstić information content (AvgIpc) is 3.23. The number of rotatable bonds is 7. The second-order valence-corrected chi connectivity index (χ2v) is 9.70. The number of halogens is 1. The number of anilines is 1. The van der Waals surface area contributed by atoms with Crippen molar-refractivity contribution >= 4 is 33.2 Å². The van der Waals surface area contributed by atoms with Gasteiger partial charge in [0.15, 0.2) is 0 Å². The zero-order valence-electron chi connectivity index (χ0n) is 18.4. The van der Waals surface area contributed by atoms with Crippen molar-refractivity contribution in [3.8, 4) is 16.9 Å². The first-order valence-corrected chi connectivity index (χ1v) is 12.5. The number of sulfonamides is 1. The predicted octanol–water partition coefficient (Wildman–Crippen LogP) is 4.58. The molecule has 1 amide bonds. The predicted molar refractivity (Wildman–Crippen MR) is 134 cm³/mol. The van der Waals surface area contributed by atoms with E-state index in [9.17, 15) is 13.2 Å². The third kappa shape index (κ3) is 5.36. The molecule has 0 unspecified atom stereocenters. The van der Waals surface area contributed by atoms with Gasteiger partial charge in [0.1, 0.15) is 0 Å². The van der Waals surface area contributed by atoms with Gasteiger partial charge in [0, 0.05) is 28.0 Å². The van der Waals surface area contributed by atoms with Crippen LogP contribution in [-0.4, -0.2) is 24.1 Å². The van der Waals surface area contributed by atoms with Crippen LogP contribution in [0.3, 0.4) is 0 Å². The van der Waals surface area contributed by atoms with E-state index in [1.165, 1.54) is 6.07 Å². The number of carbonyl (C=O) groups is 1. The van der Waals surface area contributed by atoms with Gasteiger partial charge in [-0.1, -0.05) is 54.9 Å². The minimum absolute atomic E-state index is 0.00607. The molecule has 0 aliphatic carbocycles. The summed E-state index contributed by atoms with van der Waals surface area (Å²) in [6, 6.07) is 21.5. The SMILES string of the molecule is CCc1ccc(NC(=O)Cc2cn(-c3ccccc3)nc2-c2ccc(Cl)cc2)cc1S(N)(=O)=O. The largest absolute Gasteiger partial charge is 0.326 e. The van der Waals surface area contributed by atoms with Gasteiger partial charge in [-0.25, -0.2) is 18.2 Å². The van der Waals surface area contributed by atoms with E-state index in [0.29, 0.717) is 34.0 Å². The van der Waals surface area contributed by atoms with E-state index < -0.39 is 10.0 Å². The molecule has 174 valence electrons. The fraction of sp³-hybridized carbons (Fsp3) is 0.120. The summed E-state index contributed by atoms with van der Waals surface area (Å²) in [4.78, 5) is 12.9. The second-order valence-electron chi connectivity index (χ2n) is 7.74. The molecule has 9 heteroatoms. The van der Waals surface area contributed by atoms with Gasteiger partial charge in [0.2, 0.25) is 15.9 Å². The quantitative estimate of drug-likeness (QED) is 0.392. The third-order valence-corrected chi connectivity index (χ3v) is 6.56. The molecule has 0 saturated heterocycles. The smallest absolute Gasteiger partial charge is 0.238 e. The molecule has 0 aliphatic rings. The normalized spacial score (nSPS) is 11.4. The third-order valence-electron chi connectivity index (χ3n) is 5.32. The van der Waals surface area contributed by atoms with Crippen LogP contribution in [0.1, 0.15) is 18.1 Å². The number of hydrogen-bond acceptors (Lipinski definition) is 4. The number of aryl methyl sites for hydroxylation is 1. The maximum atomic E-state index is 12.9. The van der Waals surface area contributed by atoms with Gasteiger partial charge in [-0.15, -0.1) is 0 Å². The molecule has 7 nitrogen and oxygen atoms in total. The first-order chi connectivity index (χ1) is 16.2. The van der Waals surface area contributed by atoms with E-state index in [1.807, 2.05) is 55.6 Å². The molecular weight excluding hydrogens is 472 g/mol. The molecule has 1 heterocycles. The van der Waals surface area contributed by atoms with Crippen LogP contribution in [0.15, 0.2) is 83.9 Å². The molecule has 1 aromatic heterocycles. The summed E-state index contributed by atoms with van der Waals surface area (Å²) in [5, 5.41) is 13.4. The van der Waals surface area contributed by atoms with Gasteiger partial charge in [0.25, 0.3) is 0 Å². The number of benzene rings is 3. The Balaban J connectivity index is 1.65. The summed E-state index contributed by atoms with van der Waals surface area (Å²) < 4.78 is 25.6. The van der Waals surface area contributed by atoms with Gasteiger partial charge in [0.05, 0.1) is 22.7 Å². The molecular formula is C25H23ClN4O3S. The topological polar surface area (TPSA) is 107 Å². The fourth-order valence-corrected chi connectivity index (χ4v) is 4.67. The van der Waals surface area contributed by atoms with E-state index in [-0.39, 0.29) is 17.2 Å². The lowest BCUT2D eigenvalue weighted by Crippen LogP contribution is -2.17. The first-order valence-electron chi connectivity index (χ1n) is 10.6. The number of aromatic nitrogens is 2. The van der Waals surface area contributed by atoms with Gasteiger partial charge >= 0.3 is 0 Å². The van der Waals surface area contributed by atoms with E-state index in [2.05, 4.69) is 5.32 Å². The molecule has 0 spiro atoms. The molecule has 3 aromatic carbocycles. The highest BCUT2D eigenvalue weighted by Crippen LogP contribution is 2.26. The monoisotopic (exact) mass is 494 g/mol. The molecule has 0 bridgehead atoms. The van der Waals surface area contributed by atoms with Gasteiger partial charge in [-0.2, -0.15) is 5.10 Å². The van der Waals surface area contributed by atoms with Crippen LogP contribution >= 0.6 is 11.6 Å². The summed E-state index contributed by atoms with van der Waals surface area (Å²) in [7, 11) is -3.91. The molecule has 4 rings (SSSR count). The van der Waals surface area contributed by atoms with Crippen LogP contribution in [0.25, 0.3) is 16.9 Å². The van der Waals surface area contributed by atoms with Crippen molar-refractivity contribution in [2.75, 3.05) is 5.32 Å². The lowest BCUT2D eigenvalue weighted by molar-refractivity contribution is -0.115. The number of primary sulfonamides is 1. The molecule has 34 heavy (non-hydrogen) atoms. The Bertz CT molecular complexity index is 1430. The minimum Gasteiger partial charge on any atom is -0.326 e. The fourth-order valence-electron chi connectivity index (χ4n) is 3.67. The number of para-hydroxylation sites is 1. The Hall–Kier alpha value is -3.46. The highest BCUT2D eigenvalue weighted by molar-refractivity contribution is 7.89. The molecule has 0 aliphatic heterocycles. The number of hydrogen-bond donors (Lipinski definition) is 2. The van der Waals surface area contributed by atoms with Crippen molar-refractivity contribution < 1.29 is 13.2 Å². The van der Waals surface area contributed by atoms with Crippen LogP contribution < -0.4 is 10.5 Å². The van der Waals surface area contributed by atoms with Crippen molar-refractivity contribution in [3.05, 3.63) is 95.1 Å². The first kappa shape index (κ1) is 23.7. The van der Waals surface area contributed by atoms with Crippen molar-refractivity contribution in [2.45, 2.75) is 24.7 Å². The summed E-state index contributed by atoms with van der Waals surface area (Å²) in [6.45, 7) is 1.84. The summed E-state index contributed by atoms with van der Waals surface area (Å²) in [5.74, 6) is -0.313. The van der Waals surface area contributed by atoms with Crippen LogP contribution in [0.5, 0.6) is 0 Å². The van der Waals surface area contributed by atoms with Crippen molar-refractivity contribution in [1.29, 1.82) is 0 Å². The zero-order valence-corrected chi connectivity index (χ0v) is 20.0. The Morgan fingerprint density at radius 3 is 2.38 bits per heavy atom. The molecule has 0 radical (unpaired) electrons. The Morgan fingerprint density at radius 1 is 1.03 bits per heavy atom. The summed E-state index contributed by atoms with van der Waals surface area (Å²) in [6.07, 6.45) is 2.35. The standard InChI is InChI=1S/C25H23ClN4O3S/c1-2-17-10-13-21(15-23(17)34(27,32)33)28-24(31)14-19-16-30(22-6-4-3-5-7-22)29-25(19)18-8-11-20(26)12-9-18/h3-13,15-16H,2,14H2,1H3,(H,28,31)(H2,27,32,33).